The summed E-state index contributed by atoms with van der Waals surface area (Å²) in [4.78, 5) is 51.5. The number of amides is 3. The number of anilines is 1. The fourth-order valence-corrected chi connectivity index (χ4v) is 11.6. The lowest BCUT2D eigenvalue weighted by molar-refractivity contribution is -0.141. The third-order valence-corrected chi connectivity index (χ3v) is 15.9. The number of aryl methyl sites for hydroxylation is 1. The van der Waals surface area contributed by atoms with Crippen molar-refractivity contribution in [2.45, 2.75) is 124 Å². The van der Waals surface area contributed by atoms with Gasteiger partial charge in [0.15, 0.2) is 5.76 Å². The fraction of sp³-hybridized carbons (Fsp3) is 0.475. The van der Waals surface area contributed by atoms with Crippen molar-refractivity contribution in [1.29, 1.82) is 0 Å². The van der Waals surface area contributed by atoms with Gasteiger partial charge in [0.2, 0.25) is 11.8 Å². The Morgan fingerprint density at radius 3 is 2.36 bits per heavy atom. The van der Waals surface area contributed by atoms with Gasteiger partial charge in [-0.1, -0.05) is 62.4 Å². The van der Waals surface area contributed by atoms with Crippen molar-refractivity contribution in [2.75, 3.05) is 57.6 Å². The number of carbonyl (C=O) groups excluding carboxylic acids is 3. The predicted octanol–water partition coefficient (Wildman–Crippen LogP) is 9.25. The number of carbonyl (C=O) groups is 3. The average Bonchev–Trinajstić information content (AvgIpc) is 4.15. The van der Waals surface area contributed by atoms with Gasteiger partial charge < -0.3 is 49.6 Å². The van der Waals surface area contributed by atoms with Crippen LogP contribution in [0.3, 0.4) is 0 Å². The molecule has 2 saturated heterocycles. The van der Waals surface area contributed by atoms with Gasteiger partial charge >= 0.3 is 0 Å². The van der Waals surface area contributed by atoms with Gasteiger partial charge in [0.05, 0.1) is 41.4 Å². The highest BCUT2D eigenvalue weighted by Gasteiger charge is 2.43. The molecule has 2 fully saturated rings. The zero-order valence-corrected chi connectivity index (χ0v) is 45.9. The summed E-state index contributed by atoms with van der Waals surface area (Å²) in [5.41, 5.74) is 14.1. The molecule has 75 heavy (non-hydrogen) atoms. The Kier molecular flexibility index (Phi) is 18.3. The van der Waals surface area contributed by atoms with Crippen molar-refractivity contribution in [3.63, 3.8) is 0 Å². The number of benzene rings is 3. The summed E-state index contributed by atoms with van der Waals surface area (Å²) in [6.07, 6.45) is 4.00. The van der Waals surface area contributed by atoms with E-state index in [9.17, 15) is 19.5 Å². The molecule has 15 nitrogen and oxygen atoms in total. The first-order valence-corrected chi connectivity index (χ1v) is 27.5. The number of nitrogens with zero attached hydrogens (tertiary/aromatic N) is 4. The molecule has 3 amide bonds. The molecule has 8 rings (SSSR count). The number of likely N-dealkylation sites (tertiary alicyclic amines) is 1. The zero-order chi connectivity index (χ0) is 53.3. The van der Waals surface area contributed by atoms with Crippen LogP contribution >= 0.6 is 11.3 Å². The number of rotatable bonds is 21. The first-order valence-electron chi connectivity index (χ1n) is 26.6. The highest BCUT2D eigenvalue weighted by Crippen LogP contribution is 2.36. The van der Waals surface area contributed by atoms with E-state index in [-0.39, 0.29) is 61.2 Å². The minimum Gasteiger partial charge on any atom is -0.473 e. The number of ether oxygens (including phenoxy) is 3. The maximum atomic E-state index is 14.2. The molecule has 3 aliphatic rings. The number of nitrogens with one attached hydrogen (secondary N) is 3. The standard InChI is InChI=1S/C59H75N7O8S/c1-10-65(47-20-23-71-24-21-47)51-29-46(28-49(38(51)6)57(68)60-32-50-36(4)27-37(5)62-40(50)8)44-13-11-42(12-14-44)19-22-72-25-26-73-54-31-53(74-64-54)55(35(2)3)59(70)66-33-48(67)30-52(66)58(69)63-39(7)43-15-17-45(18-16-43)56-41(9)61-34-75-56/h11-18,27-29,31,34-35,39-40,47-48,52,55,62,67H,10,19-26,30,32-33H2,1-9H3,(H,60,68)(H,63,69)/t39-,40?,48+,52-,55?/m0/s1. The molecule has 5 heterocycles. The average molecular weight is 1040 g/mol. The molecule has 5 atom stereocenters. The van der Waals surface area contributed by atoms with Crippen LogP contribution in [0.5, 0.6) is 5.88 Å². The second-order valence-corrected chi connectivity index (χ2v) is 21.4. The monoisotopic (exact) mass is 1040 g/mol. The van der Waals surface area contributed by atoms with E-state index in [4.69, 9.17) is 18.7 Å². The van der Waals surface area contributed by atoms with Crippen molar-refractivity contribution in [1.82, 2.24) is 31.0 Å². The third kappa shape index (κ3) is 13.2. The molecule has 2 unspecified atom stereocenters. The lowest BCUT2D eigenvalue weighted by Crippen LogP contribution is -2.48. The number of thiazole rings is 1. The largest absolute Gasteiger partial charge is 0.473 e. The zero-order valence-electron chi connectivity index (χ0n) is 45.0. The topological polar surface area (TPSA) is 181 Å². The van der Waals surface area contributed by atoms with Crippen LogP contribution in [0.15, 0.2) is 99.7 Å². The lowest BCUT2D eigenvalue weighted by atomic mass is 9.91. The fourth-order valence-electron chi connectivity index (χ4n) is 10.8. The smallest absolute Gasteiger partial charge is 0.254 e. The normalized spacial score (nSPS) is 18.9. The van der Waals surface area contributed by atoms with E-state index in [1.54, 1.807) is 17.4 Å². The summed E-state index contributed by atoms with van der Waals surface area (Å²) in [7, 11) is 0. The summed E-state index contributed by atoms with van der Waals surface area (Å²) in [6.45, 7) is 22.0. The number of hydrogen-bond donors (Lipinski definition) is 4. The maximum absolute atomic E-state index is 14.2. The van der Waals surface area contributed by atoms with Crippen LogP contribution in [0.2, 0.25) is 0 Å². The quantitative estimate of drug-likeness (QED) is 0.0513. The molecule has 0 radical (unpaired) electrons. The van der Waals surface area contributed by atoms with Crippen molar-refractivity contribution in [3.8, 4) is 27.4 Å². The summed E-state index contributed by atoms with van der Waals surface area (Å²) < 4.78 is 23.3. The van der Waals surface area contributed by atoms with Gasteiger partial charge in [-0.2, -0.15) is 0 Å². The SMILES string of the molecule is CCN(c1cc(-c2ccc(CCOCCOc3cc(C(C(=O)N4C[C@H](O)C[C@H]4C(=O)N[C@@H](C)c4ccc(-c5scnc5C)cc4)C(C)C)on3)cc2)cc(C(=O)NCC2=C(C)C=C(C)NC2C)c1C)C1CCOCC1. The van der Waals surface area contributed by atoms with Crippen molar-refractivity contribution < 1.29 is 38.2 Å². The number of allylic oxidation sites excluding steroid dienone is 3. The highest BCUT2D eigenvalue weighted by molar-refractivity contribution is 7.13. The Hall–Kier alpha value is -6.33. The lowest BCUT2D eigenvalue weighted by Gasteiger charge is -2.37. The molecular weight excluding hydrogens is 967 g/mol. The van der Waals surface area contributed by atoms with E-state index in [1.807, 2.05) is 63.5 Å². The molecule has 5 aromatic rings. The molecule has 0 aliphatic carbocycles. The van der Waals surface area contributed by atoms with E-state index in [2.05, 4.69) is 102 Å². The molecule has 3 aromatic carbocycles. The molecule has 4 N–H and O–H groups in total. The molecule has 2 aromatic heterocycles. The molecule has 400 valence electrons. The number of β-amino-alcohol motifs (C(OH)–C–C–N with tert-alkyl or cyclic N) is 1. The number of aliphatic hydroxyl groups is 1. The van der Waals surface area contributed by atoms with Gasteiger partial charge in [0, 0.05) is 74.4 Å². The van der Waals surface area contributed by atoms with Crippen LogP contribution in [0, 0.1) is 19.8 Å². The summed E-state index contributed by atoms with van der Waals surface area (Å²) in [5.74, 6) is -1.13. The predicted molar refractivity (Wildman–Crippen MR) is 294 cm³/mol. The molecule has 3 aliphatic heterocycles. The Balaban J connectivity index is 0.840. The molecular formula is C59H75N7O8S. The van der Waals surface area contributed by atoms with Crippen LogP contribution in [0.4, 0.5) is 5.69 Å². The van der Waals surface area contributed by atoms with Crippen LogP contribution in [0.25, 0.3) is 21.6 Å². The van der Waals surface area contributed by atoms with E-state index in [0.717, 1.165) is 87.9 Å². The summed E-state index contributed by atoms with van der Waals surface area (Å²) in [5, 5.41) is 24.6. The third-order valence-electron chi connectivity index (χ3n) is 14.9. The van der Waals surface area contributed by atoms with Gasteiger partial charge in [-0.3, -0.25) is 14.4 Å². The number of dihydropyridines is 1. The first-order chi connectivity index (χ1) is 36.1. The molecule has 16 heteroatoms. The van der Waals surface area contributed by atoms with Crippen molar-refractivity contribution in [2.24, 2.45) is 5.92 Å². The van der Waals surface area contributed by atoms with Crippen LogP contribution < -0.4 is 25.6 Å². The Bertz CT molecular complexity index is 2830. The summed E-state index contributed by atoms with van der Waals surface area (Å²) >= 11 is 1.59. The van der Waals surface area contributed by atoms with Crippen LogP contribution in [0.1, 0.15) is 118 Å². The molecule has 0 spiro atoms. The Morgan fingerprint density at radius 1 is 0.947 bits per heavy atom. The highest BCUT2D eigenvalue weighted by atomic mass is 32.1. The first kappa shape index (κ1) is 54.9. The van der Waals surface area contributed by atoms with Crippen molar-refractivity contribution in [3.05, 3.63) is 129 Å². The van der Waals surface area contributed by atoms with E-state index >= 15 is 0 Å². The van der Waals surface area contributed by atoms with Gasteiger partial charge in [-0.05, 0) is 142 Å². The number of hydrogen-bond acceptors (Lipinski definition) is 13. The van der Waals surface area contributed by atoms with E-state index in [1.165, 1.54) is 16.0 Å². The second kappa shape index (κ2) is 25.0. The number of aliphatic hydroxyl groups excluding tert-OH is 1. The van der Waals surface area contributed by atoms with Gasteiger partial charge in [0.1, 0.15) is 18.6 Å². The van der Waals surface area contributed by atoms with Crippen LogP contribution in [-0.2, 0) is 25.5 Å². The second-order valence-electron chi connectivity index (χ2n) is 20.6. The number of aromatic nitrogens is 2. The van der Waals surface area contributed by atoms with Crippen LogP contribution in [-0.4, -0.2) is 115 Å². The maximum Gasteiger partial charge on any atom is 0.254 e. The van der Waals surface area contributed by atoms with Crippen molar-refractivity contribution >= 4 is 34.7 Å². The van der Waals surface area contributed by atoms with Gasteiger partial charge in [0.25, 0.3) is 11.8 Å². The van der Waals surface area contributed by atoms with Gasteiger partial charge in [-0.15, -0.1) is 11.3 Å². The Labute approximate surface area is 446 Å². The Morgan fingerprint density at radius 2 is 1.68 bits per heavy atom. The van der Waals surface area contributed by atoms with Gasteiger partial charge in [-0.25, -0.2) is 4.98 Å². The minimum absolute atomic E-state index is 0.0367. The van der Waals surface area contributed by atoms with E-state index in [0.29, 0.717) is 43.5 Å². The molecule has 0 saturated carbocycles. The van der Waals surface area contributed by atoms with E-state index < -0.39 is 18.1 Å². The summed E-state index contributed by atoms with van der Waals surface area (Å²) in [6, 6.07) is 21.7. The molecule has 0 bridgehead atoms. The minimum atomic E-state index is -0.846.